The topological polar surface area (TPSA) is 79.7 Å². The van der Waals surface area contributed by atoms with Crippen LogP contribution in [0.3, 0.4) is 0 Å². The van der Waals surface area contributed by atoms with Crippen LogP contribution in [0, 0.1) is 11.8 Å². The van der Waals surface area contributed by atoms with Crippen LogP contribution in [-0.2, 0) is 20.9 Å². The number of amides is 1. The van der Waals surface area contributed by atoms with E-state index in [4.69, 9.17) is 4.74 Å². The average Bonchev–Trinajstić information content (AvgIpc) is 3.09. The second-order valence-electron chi connectivity index (χ2n) is 5.75. The maximum atomic E-state index is 12.6. The molecule has 1 amide bonds. The van der Waals surface area contributed by atoms with E-state index in [0.717, 1.165) is 5.69 Å². The summed E-state index contributed by atoms with van der Waals surface area (Å²) in [5, 5.41) is 9.38. The lowest BCUT2D eigenvalue weighted by Gasteiger charge is -2.21. The molecule has 21 heavy (non-hydrogen) atoms. The third-order valence-corrected chi connectivity index (χ3v) is 4.54. The van der Waals surface area contributed by atoms with E-state index in [1.807, 2.05) is 24.3 Å². The van der Waals surface area contributed by atoms with Crippen molar-refractivity contribution in [2.24, 2.45) is 11.8 Å². The number of nitrogens with zero attached hydrogens (tertiary/aromatic N) is 2. The minimum atomic E-state index is -0.968. The number of aromatic nitrogens is 1. The molecule has 0 saturated carbocycles. The van der Waals surface area contributed by atoms with Gasteiger partial charge in [0.2, 0.25) is 5.91 Å². The molecule has 4 heterocycles. The fourth-order valence-electron chi connectivity index (χ4n) is 3.68. The van der Waals surface area contributed by atoms with Crippen LogP contribution < -0.4 is 0 Å². The van der Waals surface area contributed by atoms with Crippen molar-refractivity contribution in [1.29, 1.82) is 0 Å². The van der Waals surface area contributed by atoms with Crippen molar-refractivity contribution in [3.05, 3.63) is 42.2 Å². The van der Waals surface area contributed by atoms with Gasteiger partial charge in [-0.1, -0.05) is 18.2 Å². The maximum absolute atomic E-state index is 12.6. The zero-order valence-electron chi connectivity index (χ0n) is 11.2. The van der Waals surface area contributed by atoms with Crippen molar-refractivity contribution in [2.75, 3.05) is 6.54 Å². The lowest BCUT2D eigenvalue weighted by molar-refractivity contribution is -0.148. The molecular formula is C15H14N2O4. The number of carbonyl (C=O) groups is 2. The van der Waals surface area contributed by atoms with E-state index < -0.39 is 29.5 Å². The Bertz CT molecular complexity index is 644. The summed E-state index contributed by atoms with van der Waals surface area (Å²) in [5.41, 5.74) is 0.0205. The Morgan fingerprint density at radius 2 is 2.38 bits per heavy atom. The first-order chi connectivity index (χ1) is 10.1. The zero-order valence-corrected chi connectivity index (χ0v) is 11.2. The van der Waals surface area contributed by atoms with Gasteiger partial charge in [0.15, 0.2) is 0 Å². The SMILES string of the molecule is O=C(O)[C@H]1[C@@H]2C=C[C@]3(CN(Cc4ccccn4)C(=O)[C@H]13)O2. The molecule has 1 spiro atoms. The summed E-state index contributed by atoms with van der Waals surface area (Å²) in [5.74, 6) is -2.52. The second kappa shape index (κ2) is 4.14. The number of rotatable bonds is 3. The average molecular weight is 286 g/mol. The number of fused-ring (bicyclic) bond motifs is 1. The highest BCUT2D eigenvalue weighted by molar-refractivity contribution is 5.90. The van der Waals surface area contributed by atoms with Crippen molar-refractivity contribution >= 4 is 11.9 Å². The Balaban J connectivity index is 1.63. The van der Waals surface area contributed by atoms with Crippen LogP contribution in [0.2, 0.25) is 0 Å². The number of ether oxygens (including phenoxy) is 1. The minimum absolute atomic E-state index is 0.153. The number of hydrogen-bond donors (Lipinski definition) is 1. The van der Waals surface area contributed by atoms with Crippen LogP contribution >= 0.6 is 0 Å². The zero-order chi connectivity index (χ0) is 14.6. The molecule has 6 nitrogen and oxygen atoms in total. The van der Waals surface area contributed by atoms with E-state index in [9.17, 15) is 14.7 Å². The third-order valence-electron chi connectivity index (χ3n) is 4.54. The molecule has 4 atom stereocenters. The fraction of sp³-hybridized carbons (Fsp3) is 0.400. The van der Waals surface area contributed by atoms with Crippen molar-refractivity contribution in [3.8, 4) is 0 Å². The number of carboxylic acids is 1. The summed E-state index contributed by atoms with van der Waals surface area (Å²) in [6.07, 6.45) is 4.83. The Morgan fingerprint density at radius 1 is 1.52 bits per heavy atom. The maximum Gasteiger partial charge on any atom is 0.310 e. The number of hydrogen-bond acceptors (Lipinski definition) is 4. The monoisotopic (exact) mass is 286 g/mol. The summed E-state index contributed by atoms with van der Waals surface area (Å²) < 4.78 is 5.82. The van der Waals surface area contributed by atoms with E-state index in [-0.39, 0.29) is 5.91 Å². The summed E-state index contributed by atoms with van der Waals surface area (Å²) in [6.45, 7) is 0.774. The van der Waals surface area contributed by atoms with Crippen LogP contribution in [0.4, 0.5) is 0 Å². The van der Waals surface area contributed by atoms with Gasteiger partial charge in [-0.2, -0.15) is 0 Å². The van der Waals surface area contributed by atoms with Gasteiger partial charge in [-0.15, -0.1) is 0 Å². The number of likely N-dealkylation sites (tertiary alicyclic amines) is 1. The lowest BCUT2D eigenvalue weighted by Crippen LogP contribution is -2.39. The van der Waals surface area contributed by atoms with Crippen molar-refractivity contribution in [3.63, 3.8) is 0 Å². The molecule has 4 rings (SSSR count). The number of pyridine rings is 1. The number of carbonyl (C=O) groups excluding carboxylic acids is 1. The molecule has 0 radical (unpaired) electrons. The lowest BCUT2D eigenvalue weighted by atomic mass is 9.77. The first-order valence-corrected chi connectivity index (χ1v) is 6.89. The van der Waals surface area contributed by atoms with Gasteiger partial charge in [0.25, 0.3) is 0 Å². The van der Waals surface area contributed by atoms with Gasteiger partial charge in [0.05, 0.1) is 30.8 Å². The molecule has 1 aromatic heterocycles. The van der Waals surface area contributed by atoms with Crippen LogP contribution in [0.5, 0.6) is 0 Å². The molecule has 0 aromatic carbocycles. The Hall–Kier alpha value is -2.21. The van der Waals surface area contributed by atoms with Gasteiger partial charge >= 0.3 is 5.97 Å². The normalized spacial score (nSPS) is 36.3. The van der Waals surface area contributed by atoms with Crippen LogP contribution in [0.1, 0.15) is 5.69 Å². The molecule has 1 N–H and O–H groups in total. The minimum Gasteiger partial charge on any atom is -0.481 e. The highest BCUT2D eigenvalue weighted by atomic mass is 16.5. The van der Waals surface area contributed by atoms with Gasteiger partial charge < -0.3 is 14.7 Å². The number of carboxylic acid groups (broad SMARTS) is 1. The van der Waals surface area contributed by atoms with Crippen molar-refractivity contribution in [2.45, 2.75) is 18.2 Å². The molecule has 2 bridgehead atoms. The third kappa shape index (κ3) is 1.65. The van der Waals surface area contributed by atoms with E-state index in [2.05, 4.69) is 4.98 Å². The van der Waals surface area contributed by atoms with Gasteiger partial charge in [-0.05, 0) is 12.1 Å². The van der Waals surface area contributed by atoms with Gasteiger partial charge in [0, 0.05) is 6.20 Å². The summed E-state index contributed by atoms with van der Waals surface area (Å²) in [6, 6.07) is 5.53. The Labute approximate surface area is 121 Å². The summed E-state index contributed by atoms with van der Waals surface area (Å²) in [4.78, 5) is 29.9. The van der Waals surface area contributed by atoms with Crippen LogP contribution in [-0.4, -0.2) is 45.1 Å². The van der Waals surface area contributed by atoms with Gasteiger partial charge in [-0.3, -0.25) is 14.6 Å². The Kier molecular flexibility index (Phi) is 2.47. The van der Waals surface area contributed by atoms with Crippen molar-refractivity contribution in [1.82, 2.24) is 9.88 Å². The number of aliphatic carboxylic acids is 1. The molecule has 2 fully saturated rings. The molecule has 108 valence electrons. The van der Waals surface area contributed by atoms with Crippen LogP contribution in [0.25, 0.3) is 0 Å². The largest absolute Gasteiger partial charge is 0.481 e. The predicted octanol–water partition coefficient (Wildman–Crippen LogP) is 0.448. The molecule has 1 aromatic rings. The first-order valence-electron chi connectivity index (χ1n) is 6.89. The van der Waals surface area contributed by atoms with E-state index in [1.165, 1.54) is 0 Å². The predicted molar refractivity (Wildman–Crippen MR) is 71.0 cm³/mol. The smallest absolute Gasteiger partial charge is 0.310 e. The molecule has 0 unspecified atom stereocenters. The van der Waals surface area contributed by atoms with E-state index in [1.54, 1.807) is 17.2 Å². The van der Waals surface area contributed by atoms with Gasteiger partial charge in [-0.25, -0.2) is 0 Å². The summed E-state index contributed by atoms with van der Waals surface area (Å²) in [7, 11) is 0. The molecule has 3 aliphatic rings. The fourth-order valence-corrected chi connectivity index (χ4v) is 3.68. The highest BCUT2D eigenvalue weighted by Gasteiger charge is 2.66. The standard InChI is InChI=1S/C15H14N2O4/c18-13-12-11(14(19)20)10-4-5-15(12,21-10)8-17(13)7-9-3-1-2-6-16-9/h1-6,10-12H,7-8H2,(H,19,20)/t10-,11-,12-,15+/m0/s1. The highest BCUT2D eigenvalue weighted by Crippen LogP contribution is 2.51. The first kappa shape index (κ1) is 12.5. The quantitative estimate of drug-likeness (QED) is 0.816. The second-order valence-corrected chi connectivity index (χ2v) is 5.75. The molecule has 2 saturated heterocycles. The Morgan fingerprint density at radius 3 is 3.10 bits per heavy atom. The van der Waals surface area contributed by atoms with E-state index >= 15 is 0 Å². The molecule has 6 heteroatoms. The molecule has 3 aliphatic heterocycles. The van der Waals surface area contributed by atoms with Crippen molar-refractivity contribution < 1.29 is 19.4 Å². The summed E-state index contributed by atoms with van der Waals surface area (Å²) >= 11 is 0. The van der Waals surface area contributed by atoms with Gasteiger partial charge in [0.1, 0.15) is 11.5 Å². The molecular weight excluding hydrogens is 272 g/mol. The molecule has 0 aliphatic carbocycles. The van der Waals surface area contributed by atoms with Crippen LogP contribution in [0.15, 0.2) is 36.5 Å². The van der Waals surface area contributed by atoms with E-state index in [0.29, 0.717) is 13.1 Å².